The average molecular weight is 948 g/mol. The van der Waals surface area contributed by atoms with Crippen molar-refractivity contribution in [1.82, 2.24) is 18.8 Å². The quantitative estimate of drug-likeness (QED) is 0.123. The van der Waals surface area contributed by atoms with E-state index in [1.54, 1.807) is 0 Å². The largest absolute Gasteiger partial charge is 2.00 e. The molecule has 0 fully saturated rings. The molecule has 5 nitrogen and oxygen atoms in total. The molecule has 0 amide bonds. The standard InChI is InChI=1S/C54H32N4O.Pt/c1-5-13-35(14-6-1)41-25-27-43(37-17-9-3-10-18-37)51-49(41)45-23-21-39(33-47(45)53-55-29-31-57(51)53)59-40-22-24-46-48(34-40)54-56-30-32-58(54)52-44(38-19-11-4-12-20-38)28-26-42(50(46)52)36-15-7-2-8-16-36;/h1-32H;/q-2;+2. The van der Waals surface area contributed by atoms with E-state index in [1.165, 1.54) is 0 Å². The number of pyridine rings is 2. The molecule has 60 heavy (non-hydrogen) atoms. The predicted octanol–water partition coefficient (Wildman–Crippen LogP) is 13.7. The van der Waals surface area contributed by atoms with Gasteiger partial charge in [-0.3, -0.25) is 9.97 Å². The Kier molecular flexibility index (Phi) is 8.65. The first-order chi connectivity index (χ1) is 29.3. The Bertz CT molecular complexity index is 3330. The summed E-state index contributed by atoms with van der Waals surface area (Å²) in [5.74, 6) is 1.16. The number of imidazole rings is 2. The molecule has 12 rings (SSSR count). The zero-order valence-electron chi connectivity index (χ0n) is 32.0. The minimum absolute atomic E-state index is 0. The first-order valence-electron chi connectivity index (χ1n) is 19.7. The number of nitrogens with zero attached hydrogens (tertiary/aromatic N) is 4. The molecule has 4 aromatic heterocycles. The van der Waals surface area contributed by atoms with Crippen LogP contribution in [0.3, 0.4) is 0 Å². The molecule has 4 heterocycles. The van der Waals surface area contributed by atoms with Crippen LogP contribution in [0, 0.1) is 12.1 Å². The first kappa shape index (κ1) is 35.8. The Morgan fingerprint density at radius 3 is 1.12 bits per heavy atom. The van der Waals surface area contributed by atoms with Crippen molar-refractivity contribution in [2.24, 2.45) is 0 Å². The summed E-state index contributed by atoms with van der Waals surface area (Å²) in [6.45, 7) is 0. The molecular weight excluding hydrogens is 916 g/mol. The van der Waals surface area contributed by atoms with E-state index in [2.05, 4.69) is 179 Å². The van der Waals surface area contributed by atoms with E-state index >= 15 is 0 Å². The van der Waals surface area contributed by atoms with E-state index < -0.39 is 0 Å². The smallest absolute Gasteiger partial charge is 0.497 e. The van der Waals surface area contributed by atoms with Gasteiger partial charge in [-0.05, 0) is 44.2 Å². The van der Waals surface area contributed by atoms with Crippen molar-refractivity contribution < 1.29 is 25.8 Å². The second kappa shape index (κ2) is 14.5. The number of aromatic nitrogens is 4. The molecule has 0 saturated heterocycles. The Balaban J connectivity index is 0.00000408. The second-order valence-electron chi connectivity index (χ2n) is 14.8. The maximum atomic E-state index is 6.70. The number of fused-ring (bicyclic) bond motifs is 12. The minimum atomic E-state index is 0. The summed E-state index contributed by atoms with van der Waals surface area (Å²) in [5.41, 5.74) is 13.0. The van der Waals surface area contributed by atoms with Gasteiger partial charge >= 0.3 is 21.1 Å². The van der Waals surface area contributed by atoms with E-state index in [1.807, 2.05) is 36.9 Å². The van der Waals surface area contributed by atoms with E-state index in [-0.39, 0.29) is 21.1 Å². The van der Waals surface area contributed by atoms with Crippen LogP contribution in [0.4, 0.5) is 0 Å². The third-order valence-electron chi connectivity index (χ3n) is 11.5. The van der Waals surface area contributed by atoms with Crippen molar-refractivity contribution in [3.8, 4) is 56.0 Å². The summed E-state index contributed by atoms with van der Waals surface area (Å²) in [6.07, 6.45) is 7.82. The van der Waals surface area contributed by atoms with Gasteiger partial charge in [0.15, 0.2) is 0 Å². The van der Waals surface area contributed by atoms with Crippen LogP contribution < -0.4 is 4.74 Å². The maximum absolute atomic E-state index is 6.70. The molecule has 6 heteroatoms. The van der Waals surface area contributed by atoms with Crippen molar-refractivity contribution in [2.75, 3.05) is 0 Å². The van der Waals surface area contributed by atoms with E-state index in [0.717, 1.165) is 99.2 Å². The maximum Gasteiger partial charge on any atom is 2.00 e. The van der Waals surface area contributed by atoms with Crippen LogP contribution in [0.2, 0.25) is 0 Å². The molecule has 12 aromatic rings. The number of rotatable bonds is 6. The first-order valence-corrected chi connectivity index (χ1v) is 19.7. The molecule has 0 N–H and O–H groups in total. The number of hydrogen-bond donors (Lipinski definition) is 0. The molecule has 0 bridgehead atoms. The summed E-state index contributed by atoms with van der Waals surface area (Å²) >= 11 is 0. The third-order valence-corrected chi connectivity index (χ3v) is 11.5. The van der Waals surface area contributed by atoms with E-state index in [4.69, 9.17) is 14.7 Å². The van der Waals surface area contributed by atoms with Gasteiger partial charge in [-0.25, -0.2) is 0 Å². The fourth-order valence-corrected chi connectivity index (χ4v) is 8.94. The Morgan fingerprint density at radius 1 is 0.383 bits per heavy atom. The Morgan fingerprint density at radius 2 is 0.733 bits per heavy atom. The van der Waals surface area contributed by atoms with Crippen molar-refractivity contribution in [3.63, 3.8) is 0 Å². The molecule has 0 aliphatic rings. The van der Waals surface area contributed by atoms with Gasteiger partial charge in [-0.15, -0.1) is 12.1 Å². The molecule has 8 aromatic carbocycles. The summed E-state index contributed by atoms with van der Waals surface area (Å²) < 4.78 is 11.1. The van der Waals surface area contributed by atoms with Crippen LogP contribution in [0.5, 0.6) is 11.5 Å². The minimum Gasteiger partial charge on any atom is -0.497 e. The van der Waals surface area contributed by atoms with Gasteiger partial charge in [-0.1, -0.05) is 191 Å². The molecular formula is C54H32N4OPt. The molecule has 0 aliphatic heterocycles. The van der Waals surface area contributed by atoms with Crippen molar-refractivity contribution in [3.05, 3.63) is 207 Å². The number of benzene rings is 8. The zero-order valence-corrected chi connectivity index (χ0v) is 34.3. The topological polar surface area (TPSA) is 43.8 Å². The summed E-state index contributed by atoms with van der Waals surface area (Å²) in [6, 6.07) is 66.8. The van der Waals surface area contributed by atoms with Gasteiger partial charge in [-0.2, -0.15) is 0 Å². The van der Waals surface area contributed by atoms with Gasteiger partial charge in [0.05, 0.1) is 11.3 Å². The van der Waals surface area contributed by atoms with Crippen molar-refractivity contribution >= 4 is 54.6 Å². The number of hydrogen-bond acceptors (Lipinski definition) is 3. The predicted molar refractivity (Wildman–Crippen MR) is 240 cm³/mol. The SMILES string of the molecule is [Pt+2].[c-]1c(Oc2[c-]c3c(cc2)c2c(-c4ccccc4)ccc(-c4ccccc4)c2n2ccnc32)ccc2c1c1nccn1c1c(-c3ccccc3)ccc(-c3ccccc3)c21. The van der Waals surface area contributed by atoms with Crippen LogP contribution in [0.1, 0.15) is 0 Å². The Labute approximate surface area is 360 Å². The van der Waals surface area contributed by atoms with E-state index in [9.17, 15) is 0 Å². The molecule has 0 spiro atoms. The molecule has 0 unspecified atom stereocenters. The van der Waals surface area contributed by atoms with Crippen LogP contribution in [0.15, 0.2) is 195 Å². The van der Waals surface area contributed by atoms with Gasteiger partial charge in [0.2, 0.25) is 0 Å². The monoisotopic (exact) mass is 947 g/mol. The fraction of sp³-hybridized carbons (Fsp3) is 0. The summed E-state index contributed by atoms with van der Waals surface area (Å²) in [4.78, 5) is 9.80. The van der Waals surface area contributed by atoms with Gasteiger partial charge in [0.25, 0.3) is 0 Å². The Hall–Kier alpha value is -7.33. The van der Waals surface area contributed by atoms with Crippen LogP contribution in [-0.4, -0.2) is 18.8 Å². The van der Waals surface area contributed by atoms with Crippen LogP contribution >= 0.6 is 0 Å². The second-order valence-corrected chi connectivity index (χ2v) is 14.8. The van der Waals surface area contributed by atoms with Crippen molar-refractivity contribution in [1.29, 1.82) is 0 Å². The molecule has 0 radical (unpaired) electrons. The van der Waals surface area contributed by atoms with Crippen molar-refractivity contribution in [2.45, 2.75) is 0 Å². The summed E-state index contributed by atoms with van der Waals surface area (Å²) in [7, 11) is 0. The van der Waals surface area contributed by atoms with Gasteiger partial charge in [0, 0.05) is 58.4 Å². The summed E-state index contributed by atoms with van der Waals surface area (Å²) in [5, 5.41) is 6.14. The number of ether oxygens (including phenoxy) is 1. The van der Waals surface area contributed by atoms with Crippen LogP contribution in [-0.2, 0) is 21.1 Å². The van der Waals surface area contributed by atoms with E-state index in [0.29, 0.717) is 11.5 Å². The normalized spacial score (nSPS) is 11.5. The molecule has 0 aliphatic carbocycles. The van der Waals surface area contributed by atoms with Gasteiger partial charge in [0.1, 0.15) is 0 Å². The molecule has 284 valence electrons. The molecule has 0 atom stereocenters. The molecule has 0 saturated carbocycles. The third kappa shape index (κ3) is 5.66. The zero-order chi connectivity index (χ0) is 38.9. The van der Waals surface area contributed by atoms with Crippen LogP contribution in [0.25, 0.3) is 99.2 Å². The fourth-order valence-electron chi connectivity index (χ4n) is 8.94. The van der Waals surface area contributed by atoms with Gasteiger partial charge < -0.3 is 13.5 Å². The average Bonchev–Trinajstić information content (AvgIpc) is 4.02.